The Morgan fingerprint density at radius 3 is 1.48 bits per heavy atom. The Balaban J connectivity index is 1.72. The van der Waals surface area contributed by atoms with Gasteiger partial charge >= 0.3 is 0 Å². The molecule has 0 radical (unpaired) electrons. The van der Waals surface area contributed by atoms with Crippen LogP contribution in [0.15, 0.2) is 24.3 Å². The van der Waals surface area contributed by atoms with Crippen LogP contribution in [-0.4, -0.2) is 19.9 Å². The molecule has 4 aromatic rings. The third kappa shape index (κ3) is 2.40. The monoisotopic (exact) mass is 304 g/mol. The highest BCUT2D eigenvalue weighted by atomic mass is 15.0. The molecule has 0 aliphatic carbocycles. The van der Waals surface area contributed by atoms with Gasteiger partial charge in [0.05, 0.1) is 28.5 Å². The lowest BCUT2D eigenvalue weighted by Gasteiger charge is -1.97. The van der Waals surface area contributed by atoms with E-state index in [1.165, 1.54) is 22.3 Å². The summed E-state index contributed by atoms with van der Waals surface area (Å²) in [5.41, 5.74) is 9.31. The SMILES string of the molecule is Cc1cc2nc(Cc3nc4cc(C)c(C)cc4[nH]3)[nH]c2cc1C. The Morgan fingerprint density at radius 1 is 0.652 bits per heavy atom. The Morgan fingerprint density at radius 2 is 1.04 bits per heavy atom. The largest absolute Gasteiger partial charge is 0.342 e. The van der Waals surface area contributed by atoms with Crippen LogP contribution in [-0.2, 0) is 6.42 Å². The van der Waals surface area contributed by atoms with Crippen molar-refractivity contribution in [2.24, 2.45) is 0 Å². The van der Waals surface area contributed by atoms with Crippen molar-refractivity contribution >= 4 is 22.1 Å². The number of aromatic amines is 2. The number of rotatable bonds is 2. The molecule has 0 saturated carbocycles. The molecule has 0 saturated heterocycles. The molecule has 23 heavy (non-hydrogen) atoms. The summed E-state index contributed by atoms with van der Waals surface area (Å²) in [6, 6.07) is 8.59. The van der Waals surface area contributed by atoms with Crippen LogP contribution in [0.2, 0.25) is 0 Å². The molecule has 4 heteroatoms. The molecule has 0 amide bonds. The first kappa shape index (κ1) is 14.0. The lowest BCUT2D eigenvalue weighted by atomic mass is 10.1. The zero-order chi connectivity index (χ0) is 16.1. The van der Waals surface area contributed by atoms with Crippen molar-refractivity contribution in [1.82, 2.24) is 19.9 Å². The normalized spacial score (nSPS) is 11.7. The van der Waals surface area contributed by atoms with Crippen LogP contribution in [0.25, 0.3) is 22.1 Å². The molecular weight excluding hydrogens is 284 g/mol. The quantitative estimate of drug-likeness (QED) is 0.581. The summed E-state index contributed by atoms with van der Waals surface area (Å²) in [7, 11) is 0. The van der Waals surface area contributed by atoms with Crippen molar-refractivity contribution in [2.45, 2.75) is 34.1 Å². The van der Waals surface area contributed by atoms with Crippen molar-refractivity contribution < 1.29 is 0 Å². The second-order valence-electron chi connectivity index (χ2n) is 6.45. The topological polar surface area (TPSA) is 57.4 Å². The molecule has 0 aliphatic heterocycles. The fourth-order valence-electron chi connectivity index (χ4n) is 2.97. The molecule has 116 valence electrons. The van der Waals surface area contributed by atoms with E-state index in [0.29, 0.717) is 6.42 Å². The Bertz CT molecular complexity index is 875. The first-order valence-corrected chi connectivity index (χ1v) is 7.91. The molecule has 2 aromatic heterocycles. The molecule has 2 aromatic carbocycles. The molecule has 2 N–H and O–H groups in total. The number of benzene rings is 2. The number of fused-ring (bicyclic) bond motifs is 2. The van der Waals surface area contributed by atoms with Gasteiger partial charge in [-0.2, -0.15) is 0 Å². The van der Waals surface area contributed by atoms with E-state index in [4.69, 9.17) is 9.97 Å². The number of hydrogen-bond acceptors (Lipinski definition) is 2. The van der Waals surface area contributed by atoms with Gasteiger partial charge in [0.25, 0.3) is 0 Å². The molecule has 0 fully saturated rings. The van der Waals surface area contributed by atoms with Gasteiger partial charge in [-0.1, -0.05) is 0 Å². The van der Waals surface area contributed by atoms with Gasteiger partial charge in [-0.15, -0.1) is 0 Å². The zero-order valence-corrected chi connectivity index (χ0v) is 13.9. The number of imidazole rings is 2. The number of aromatic nitrogens is 4. The molecule has 0 unspecified atom stereocenters. The summed E-state index contributed by atoms with van der Waals surface area (Å²) in [4.78, 5) is 16.2. The lowest BCUT2D eigenvalue weighted by molar-refractivity contribution is 0.960. The van der Waals surface area contributed by atoms with Gasteiger partial charge in [0.1, 0.15) is 11.6 Å². The second-order valence-corrected chi connectivity index (χ2v) is 6.45. The summed E-state index contributed by atoms with van der Waals surface area (Å²) < 4.78 is 0. The van der Waals surface area contributed by atoms with Gasteiger partial charge in [-0.25, -0.2) is 9.97 Å². The van der Waals surface area contributed by atoms with Gasteiger partial charge in [0.15, 0.2) is 0 Å². The number of hydrogen-bond donors (Lipinski definition) is 2. The first-order chi connectivity index (χ1) is 11.0. The minimum absolute atomic E-state index is 0.680. The smallest absolute Gasteiger partial charge is 0.114 e. The molecule has 4 nitrogen and oxygen atoms in total. The van der Waals surface area contributed by atoms with Crippen molar-refractivity contribution in [3.05, 3.63) is 58.2 Å². The van der Waals surface area contributed by atoms with Crippen LogP contribution >= 0.6 is 0 Å². The molecule has 0 atom stereocenters. The fraction of sp³-hybridized carbons (Fsp3) is 0.263. The maximum absolute atomic E-state index is 4.70. The van der Waals surface area contributed by atoms with E-state index in [0.717, 1.165) is 33.7 Å². The zero-order valence-electron chi connectivity index (χ0n) is 13.9. The van der Waals surface area contributed by atoms with Gasteiger partial charge < -0.3 is 9.97 Å². The Kier molecular flexibility index (Phi) is 3.01. The van der Waals surface area contributed by atoms with Crippen LogP contribution in [0.3, 0.4) is 0 Å². The average molecular weight is 304 g/mol. The predicted molar refractivity (Wildman–Crippen MR) is 93.9 cm³/mol. The summed E-state index contributed by atoms with van der Waals surface area (Å²) in [5.74, 6) is 1.88. The van der Waals surface area contributed by atoms with Crippen molar-refractivity contribution in [3.63, 3.8) is 0 Å². The number of nitrogens with one attached hydrogen (secondary N) is 2. The van der Waals surface area contributed by atoms with Crippen molar-refractivity contribution in [2.75, 3.05) is 0 Å². The maximum Gasteiger partial charge on any atom is 0.114 e. The minimum atomic E-state index is 0.680. The summed E-state index contributed by atoms with van der Waals surface area (Å²) in [5, 5.41) is 0. The molecule has 4 rings (SSSR count). The average Bonchev–Trinajstić information content (AvgIpc) is 3.03. The van der Waals surface area contributed by atoms with Gasteiger partial charge in [-0.05, 0) is 74.2 Å². The maximum atomic E-state index is 4.70. The first-order valence-electron chi connectivity index (χ1n) is 7.91. The van der Waals surface area contributed by atoms with E-state index in [1.54, 1.807) is 0 Å². The molecule has 0 bridgehead atoms. The Hall–Kier alpha value is -2.62. The Labute approximate surface area is 135 Å². The second kappa shape index (κ2) is 4.95. The highest BCUT2D eigenvalue weighted by molar-refractivity contribution is 5.78. The van der Waals surface area contributed by atoms with Gasteiger partial charge in [0.2, 0.25) is 0 Å². The summed E-state index contributed by atoms with van der Waals surface area (Å²) in [6.45, 7) is 8.48. The van der Waals surface area contributed by atoms with Gasteiger partial charge in [-0.3, -0.25) is 0 Å². The van der Waals surface area contributed by atoms with E-state index in [9.17, 15) is 0 Å². The lowest BCUT2D eigenvalue weighted by Crippen LogP contribution is -1.92. The van der Waals surface area contributed by atoms with Crippen molar-refractivity contribution in [1.29, 1.82) is 0 Å². The number of aryl methyl sites for hydroxylation is 4. The van der Waals surface area contributed by atoms with Gasteiger partial charge in [0, 0.05) is 0 Å². The molecule has 0 spiro atoms. The molecular formula is C19H20N4. The van der Waals surface area contributed by atoms with Crippen LogP contribution in [0.5, 0.6) is 0 Å². The van der Waals surface area contributed by atoms with Crippen molar-refractivity contribution in [3.8, 4) is 0 Å². The fourth-order valence-corrected chi connectivity index (χ4v) is 2.97. The highest BCUT2D eigenvalue weighted by Gasteiger charge is 2.09. The standard InChI is InChI=1S/C19H20N4/c1-10-5-14-15(6-11(10)2)21-18(20-14)9-19-22-16-7-12(3)13(4)8-17(16)23-19/h5-8H,9H2,1-4H3,(H,20,21)(H,22,23). The number of H-pyrrole nitrogens is 2. The van der Waals surface area contributed by atoms with E-state index >= 15 is 0 Å². The van der Waals surface area contributed by atoms with E-state index in [2.05, 4.69) is 61.9 Å². The van der Waals surface area contributed by atoms with Crippen LogP contribution in [0, 0.1) is 27.7 Å². The molecule has 0 aliphatic rings. The van der Waals surface area contributed by atoms with Crippen LogP contribution < -0.4 is 0 Å². The van der Waals surface area contributed by atoms with E-state index in [-0.39, 0.29) is 0 Å². The third-order valence-electron chi connectivity index (χ3n) is 4.63. The summed E-state index contributed by atoms with van der Waals surface area (Å²) >= 11 is 0. The number of nitrogens with zero attached hydrogens (tertiary/aromatic N) is 2. The summed E-state index contributed by atoms with van der Waals surface area (Å²) in [6.07, 6.45) is 0.680. The van der Waals surface area contributed by atoms with E-state index < -0.39 is 0 Å². The highest BCUT2D eigenvalue weighted by Crippen LogP contribution is 2.20. The third-order valence-corrected chi connectivity index (χ3v) is 4.63. The minimum Gasteiger partial charge on any atom is -0.342 e. The van der Waals surface area contributed by atoms with Crippen LogP contribution in [0.1, 0.15) is 33.9 Å². The molecule has 2 heterocycles. The van der Waals surface area contributed by atoms with Crippen LogP contribution in [0.4, 0.5) is 0 Å². The predicted octanol–water partition coefficient (Wildman–Crippen LogP) is 4.26. The van der Waals surface area contributed by atoms with E-state index in [1.807, 2.05) is 0 Å².